The van der Waals surface area contributed by atoms with Crippen molar-refractivity contribution in [3.63, 3.8) is 0 Å². The Morgan fingerprint density at radius 3 is 2.45 bits per heavy atom. The van der Waals surface area contributed by atoms with E-state index in [4.69, 9.17) is 0 Å². The summed E-state index contributed by atoms with van der Waals surface area (Å²) in [6.45, 7) is 2.59. The number of hydrogen-bond acceptors (Lipinski definition) is 4. The molecule has 1 aliphatic rings. The summed E-state index contributed by atoms with van der Waals surface area (Å²) in [4.78, 5) is 39.5. The first-order valence-corrected chi connectivity index (χ1v) is 9.66. The van der Waals surface area contributed by atoms with Crippen LogP contribution in [0, 0.1) is 0 Å². The average molecular weight is 394 g/mol. The molecule has 0 aliphatic carbocycles. The van der Waals surface area contributed by atoms with Gasteiger partial charge in [-0.1, -0.05) is 48.5 Å². The van der Waals surface area contributed by atoms with Crippen molar-refractivity contribution in [2.45, 2.75) is 25.6 Å². The number of rotatable bonds is 8. The molecule has 0 spiro atoms. The normalized spacial score (nSPS) is 16.3. The molecule has 2 aromatic carbocycles. The zero-order chi connectivity index (χ0) is 20.8. The molecule has 3 amide bonds. The van der Waals surface area contributed by atoms with Crippen molar-refractivity contribution < 1.29 is 14.4 Å². The lowest BCUT2D eigenvalue weighted by atomic mass is 10.0. The van der Waals surface area contributed by atoms with E-state index in [-0.39, 0.29) is 30.3 Å². The molecule has 0 aromatic heterocycles. The third kappa shape index (κ3) is 4.81. The van der Waals surface area contributed by atoms with Crippen LogP contribution in [0.2, 0.25) is 0 Å². The van der Waals surface area contributed by atoms with Gasteiger partial charge in [-0.15, -0.1) is 0 Å². The van der Waals surface area contributed by atoms with Crippen molar-refractivity contribution in [3.05, 3.63) is 71.3 Å². The van der Waals surface area contributed by atoms with Crippen LogP contribution in [0.3, 0.4) is 0 Å². The molecular formula is C22H26N4O3. The van der Waals surface area contributed by atoms with Crippen LogP contribution in [0.25, 0.3) is 0 Å². The van der Waals surface area contributed by atoms with Crippen LogP contribution >= 0.6 is 0 Å². The highest BCUT2D eigenvalue weighted by Gasteiger charge is 2.40. The molecule has 2 unspecified atom stereocenters. The molecule has 0 fully saturated rings. The van der Waals surface area contributed by atoms with E-state index in [0.29, 0.717) is 24.2 Å². The van der Waals surface area contributed by atoms with Gasteiger partial charge in [-0.2, -0.15) is 0 Å². The highest BCUT2D eigenvalue weighted by Crippen LogP contribution is 2.34. The lowest BCUT2D eigenvalue weighted by Gasteiger charge is -2.24. The summed E-state index contributed by atoms with van der Waals surface area (Å²) < 4.78 is 0. The lowest BCUT2D eigenvalue weighted by Crippen LogP contribution is -2.45. The SMILES string of the molecule is CNC(C)CNC(=O)CNC(=O)C1c2ccccc2C(=O)N1Cc1ccccc1. The van der Waals surface area contributed by atoms with Crippen LogP contribution in [-0.4, -0.2) is 48.8 Å². The summed E-state index contributed by atoms with van der Waals surface area (Å²) in [5.74, 6) is -0.819. The van der Waals surface area contributed by atoms with E-state index in [0.717, 1.165) is 5.56 Å². The number of carbonyl (C=O) groups is 3. The summed E-state index contributed by atoms with van der Waals surface area (Å²) in [6, 6.07) is 16.0. The quantitative estimate of drug-likeness (QED) is 0.628. The molecule has 0 saturated heterocycles. The van der Waals surface area contributed by atoms with Gasteiger partial charge in [-0.25, -0.2) is 0 Å². The van der Waals surface area contributed by atoms with Crippen molar-refractivity contribution in [1.29, 1.82) is 0 Å². The van der Waals surface area contributed by atoms with E-state index in [1.54, 1.807) is 23.1 Å². The Hall–Kier alpha value is -3.19. The van der Waals surface area contributed by atoms with E-state index in [2.05, 4.69) is 16.0 Å². The number of fused-ring (bicyclic) bond motifs is 1. The number of nitrogens with one attached hydrogen (secondary N) is 3. The van der Waals surface area contributed by atoms with E-state index < -0.39 is 6.04 Å². The van der Waals surface area contributed by atoms with Crippen LogP contribution in [0.1, 0.15) is 34.5 Å². The minimum atomic E-state index is -0.761. The number of amides is 3. The molecule has 0 radical (unpaired) electrons. The first-order valence-electron chi connectivity index (χ1n) is 9.66. The lowest BCUT2D eigenvalue weighted by molar-refractivity contribution is -0.129. The summed E-state index contributed by atoms with van der Waals surface area (Å²) in [7, 11) is 1.81. The minimum absolute atomic E-state index is 0.135. The number of likely N-dealkylation sites (N-methyl/N-ethyl adjacent to an activating group) is 1. The van der Waals surface area contributed by atoms with Crippen LogP contribution in [0.4, 0.5) is 0 Å². The zero-order valence-corrected chi connectivity index (χ0v) is 16.6. The standard InChI is InChI=1S/C22H26N4O3/c1-15(23-2)12-24-19(27)13-25-21(28)20-17-10-6-7-11-18(17)22(29)26(20)14-16-8-4-3-5-9-16/h3-11,15,20,23H,12-14H2,1-2H3,(H,24,27)(H,25,28). The second-order valence-corrected chi connectivity index (χ2v) is 7.12. The minimum Gasteiger partial charge on any atom is -0.353 e. The molecule has 3 rings (SSSR count). The fourth-order valence-electron chi connectivity index (χ4n) is 3.29. The summed E-state index contributed by atoms with van der Waals surface area (Å²) >= 11 is 0. The van der Waals surface area contributed by atoms with Gasteiger partial charge in [0.2, 0.25) is 11.8 Å². The third-order valence-electron chi connectivity index (χ3n) is 5.02. The smallest absolute Gasteiger partial charge is 0.255 e. The van der Waals surface area contributed by atoms with Crippen molar-refractivity contribution in [1.82, 2.24) is 20.9 Å². The van der Waals surface area contributed by atoms with Gasteiger partial charge in [0.25, 0.3) is 5.91 Å². The van der Waals surface area contributed by atoms with E-state index in [9.17, 15) is 14.4 Å². The van der Waals surface area contributed by atoms with Gasteiger partial charge in [-0.3, -0.25) is 14.4 Å². The number of nitrogens with zero attached hydrogens (tertiary/aromatic N) is 1. The largest absolute Gasteiger partial charge is 0.353 e. The summed E-state index contributed by atoms with van der Waals surface area (Å²) in [6.07, 6.45) is 0. The second-order valence-electron chi connectivity index (χ2n) is 7.12. The molecule has 7 nitrogen and oxygen atoms in total. The molecule has 152 valence electrons. The fourth-order valence-corrected chi connectivity index (χ4v) is 3.29. The Balaban J connectivity index is 1.72. The Labute approximate surface area is 170 Å². The first-order chi connectivity index (χ1) is 14.0. The number of carbonyl (C=O) groups excluding carboxylic acids is 3. The predicted molar refractivity (Wildman–Crippen MR) is 110 cm³/mol. The molecule has 2 aromatic rings. The monoisotopic (exact) mass is 394 g/mol. The molecule has 3 N–H and O–H groups in total. The molecule has 2 atom stereocenters. The highest BCUT2D eigenvalue weighted by molar-refractivity contribution is 6.05. The van der Waals surface area contributed by atoms with Crippen molar-refractivity contribution >= 4 is 17.7 Å². The molecule has 29 heavy (non-hydrogen) atoms. The second kappa shape index (κ2) is 9.34. The summed E-state index contributed by atoms with van der Waals surface area (Å²) in [5, 5.41) is 8.47. The maximum Gasteiger partial charge on any atom is 0.255 e. The van der Waals surface area contributed by atoms with Crippen molar-refractivity contribution in [2.24, 2.45) is 0 Å². The Bertz CT molecular complexity index is 885. The Morgan fingerprint density at radius 2 is 1.72 bits per heavy atom. The first kappa shape index (κ1) is 20.5. The average Bonchev–Trinajstić information content (AvgIpc) is 3.03. The molecule has 1 heterocycles. The predicted octanol–water partition coefficient (Wildman–Crippen LogP) is 1.22. The van der Waals surface area contributed by atoms with Crippen LogP contribution in [-0.2, 0) is 16.1 Å². The molecule has 7 heteroatoms. The van der Waals surface area contributed by atoms with Crippen molar-refractivity contribution in [3.8, 4) is 0 Å². The van der Waals surface area contributed by atoms with Gasteiger partial charge in [-0.05, 0) is 31.2 Å². The van der Waals surface area contributed by atoms with E-state index >= 15 is 0 Å². The molecular weight excluding hydrogens is 368 g/mol. The Morgan fingerprint density at radius 1 is 1.03 bits per heavy atom. The maximum atomic E-state index is 13.0. The summed E-state index contributed by atoms with van der Waals surface area (Å²) in [5.41, 5.74) is 2.12. The topological polar surface area (TPSA) is 90.5 Å². The van der Waals surface area contributed by atoms with Gasteiger partial charge >= 0.3 is 0 Å². The van der Waals surface area contributed by atoms with Gasteiger partial charge in [0.05, 0.1) is 6.54 Å². The van der Waals surface area contributed by atoms with E-state index in [1.807, 2.05) is 50.4 Å². The highest BCUT2D eigenvalue weighted by atomic mass is 16.2. The van der Waals surface area contributed by atoms with Crippen LogP contribution < -0.4 is 16.0 Å². The molecule has 0 bridgehead atoms. The maximum absolute atomic E-state index is 13.0. The van der Waals surface area contributed by atoms with Crippen LogP contribution in [0.15, 0.2) is 54.6 Å². The van der Waals surface area contributed by atoms with Gasteiger partial charge in [0.15, 0.2) is 0 Å². The van der Waals surface area contributed by atoms with E-state index in [1.165, 1.54) is 0 Å². The zero-order valence-electron chi connectivity index (χ0n) is 16.6. The number of hydrogen-bond donors (Lipinski definition) is 3. The fraction of sp³-hybridized carbons (Fsp3) is 0.318. The van der Waals surface area contributed by atoms with Gasteiger partial charge in [0, 0.05) is 24.7 Å². The Kier molecular flexibility index (Phi) is 6.61. The van der Waals surface area contributed by atoms with Gasteiger partial charge in [0.1, 0.15) is 6.04 Å². The van der Waals surface area contributed by atoms with Gasteiger partial charge < -0.3 is 20.9 Å². The molecule has 1 aliphatic heterocycles. The molecule has 0 saturated carbocycles. The third-order valence-corrected chi connectivity index (χ3v) is 5.02. The van der Waals surface area contributed by atoms with Crippen LogP contribution in [0.5, 0.6) is 0 Å². The van der Waals surface area contributed by atoms with Crippen molar-refractivity contribution in [2.75, 3.05) is 20.1 Å². The number of benzene rings is 2.